The lowest BCUT2D eigenvalue weighted by Crippen LogP contribution is -2.43. The Kier molecular flexibility index (Phi) is 9.52. The highest BCUT2D eigenvalue weighted by atomic mass is 16.1. The molecule has 2 fully saturated rings. The molecule has 0 radical (unpaired) electrons. The number of rotatable bonds is 11. The molecule has 2 rings (SSSR count). The van der Waals surface area contributed by atoms with Gasteiger partial charge in [-0.2, -0.15) is 0 Å². The number of allylic oxidation sites excluding steroid dienone is 2. The quantitative estimate of drug-likeness (QED) is 0.256. The van der Waals surface area contributed by atoms with E-state index in [9.17, 15) is 4.79 Å². The van der Waals surface area contributed by atoms with Gasteiger partial charge in [0.05, 0.1) is 0 Å². The van der Waals surface area contributed by atoms with Gasteiger partial charge < -0.3 is 0 Å². The number of ketones is 1. The van der Waals surface area contributed by atoms with Gasteiger partial charge in [-0.15, -0.1) is 12.3 Å². The van der Waals surface area contributed by atoms with E-state index >= 15 is 0 Å². The van der Waals surface area contributed by atoms with Crippen molar-refractivity contribution in [1.82, 2.24) is 0 Å². The number of hydrogen-bond donors (Lipinski definition) is 0. The van der Waals surface area contributed by atoms with E-state index in [2.05, 4.69) is 52.7 Å². The molecule has 0 spiro atoms. The Balaban J connectivity index is 1.98. The van der Waals surface area contributed by atoms with Crippen molar-refractivity contribution in [2.24, 2.45) is 40.9 Å². The molecule has 0 saturated heterocycles. The van der Waals surface area contributed by atoms with Crippen LogP contribution < -0.4 is 0 Å². The van der Waals surface area contributed by atoms with Gasteiger partial charge in [-0.05, 0) is 74.0 Å². The van der Waals surface area contributed by atoms with E-state index in [1.165, 1.54) is 32.1 Å². The van der Waals surface area contributed by atoms with Crippen LogP contribution in [0.15, 0.2) is 12.2 Å². The number of fused-ring (bicyclic) bond motifs is 1. The average molecular weight is 399 g/mol. The topological polar surface area (TPSA) is 17.1 Å². The molecule has 2 aliphatic rings. The number of carbonyl (C=O) groups is 1. The molecule has 0 heterocycles. The van der Waals surface area contributed by atoms with Gasteiger partial charge in [0.25, 0.3) is 0 Å². The fraction of sp³-hybridized carbons (Fsp3) is 0.821. The van der Waals surface area contributed by atoms with Crippen LogP contribution in [-0.2, 0) is 4.79 Å². The normalized spacial score (nSPS) is 31.8. The molecule has 164 valence electrons. The van der Waals surface area contributed by atoms with E-state index in [4.69, 9.17) is 6.42 Å². The molecule has 6 atom stereocenters. The van der Waals surface area contributed by atoms with Gasteiger partial charge >= 0.3 is 0 Å². The third-order valence-corrected chi connectivity index (χ3v) is 8.21. The Morgan fingerprint density at radius 2 is 1.93 bits per heavy atom. The maximum atomic E-state index is 13.5. The lowest BCUT2D eigenvalue weighted by molar-refractivity contribution is -0.136. The number of hydrogen-bond acceptors (Lipinski definition) is 1. The van der Waals surface area contributed by atoms with Gasteiger partial charge in [0, 0.05) is 18.3 Å². The number of Topliss-reactive ketones (excluding diaryl/α,β-unsaturated/α-hetero) is 1. The molecule has 0 aliphatic heterocycles. The molecule has 0 aromatic rings. The summed E-state index contributed by atoms with van der Waals surface area (Å²) in [5.41, 5.74) is 0.245. The fourth-order valence-corrected chi connectivity index (χ4v) is 6.51. The minimum Gasteiger partial charge on any atom is -0.299 e. The SMILES string of the molecule is C#CCC(C/C=C\CC)C[C@@H]1CC[C@@]2(C)C(CC[C@@H]2C(C)CCCC(C)C)C1=O. The summed E-state index contributed by atoms with van der Waals surface area (Å²) in [6.07, 6.45) is 22.7. The Hall–Kier alpha value is -1.03. The molecule has 0 aromatic carbocycles. The van der Waals surface area contributed by atoms with Crippen molar-refractivity contribution in [2.75, 3.05) is 0 Å². The lowest BCUT2D eigenvalue weighted by atomic mass is 9.58. The van der Waals surface area contributed by atoms with Crippen LogP contribution in [0, 0.1) is 53.3 Å². The molecule has 0 amide bonds. The minimum absolute atomic E-state index is 0.245. The first kappa shape index (κ1) is 24.2. The van der Waals surface area contributed by atoms with Crippen LogP contribution in [0.5, 0.6) is 0 Å². The van der Waals surface area contributed by atoms with E-state index in [0.717, 1.165) is 56.3 Å². The van der Waals surface area contributed by atoms with Crippen molar-refractivity contribution in [3.8, 4) is 12.3 Å². The highest BCUT2D eigenvalue weighted by Crippen LogP contribution is 2.58. The third-order valence-electron chi connectivity index (χ3n) is 8.21. The summed E-state index contributed by atoms with van der Waals surface area (Å²) in [4.78, 5) is 13.5. The zero-order valence-corrected chi connectivity index (χ0v) is 19.9. The minimum atomic E-state index is 0.245. The molecule has 0 aromatic heterocycles. The second-order valence-corrected chi connectivity index (χ2v) is 10.8. The van der Waals surface area contributed by atoms with Crippen LogP contribution >= 0.6 is 0 Å². The van der Waals surface area contributed by atoms with Crippen molar-refractivity contribution in [1.29, 1.82) is 0 Å². The maximum absolute atomic E-state index is 13.5. The van der Waals surface area contributed by atoms with E-state index in [1.54, 1.807) is 0 Å². The van der Waals surface area contributed by atoms with Crippen LogP contribution in [0.1, 0.15) is 105 Å². The standard InChI is InChI=1S/C28H46O/c1-7-9-10-15-23(12-8-2)20-24-18-19-28(6)25(16-17-26(28)27(24)29)22(5)14-11-13-21(3)4/h2,9-10,21-26H,7,11-20H2,1,3-6H3/b10-9-/t22?,23?,24-,25+,26?,28+/m0/s1. The second-order valence-electron chi connectivity index (χ2n) is 10.8. The monoisotopic (exact) mass is 398 g/mol. The lowest BCUT2D eigenvalue weighted by Gasteiger charge is -2.45. The van der Waals surface area contributed by atoms with Crippen molar-refractivity contribution in [3.05, 3.63) is 12.2 Å². The smallest absolute Gasteiger partial charge is 0.139 e. The number of carbonyl (C=O) groups excluding carboxylic acids is 1. The van der Waals surface area contributed by atoms with Gasteiger partial charge in [-0.3, -0.25) is 4.79 Å². The summed E-state index contributed by atoms with van der Waals surface area (Å²) >= 11 is 0. The molecule has 2 aliphatic carbocycles. The highest BCUT2D eigenvalue weighted by molar-refractivity contribution is 5.85. The molecule has 1 nitrogen and oxygen atoms in total. The third kappa shape index (κ3) is 6.23. The molecule has 0 bridgehead atoms. The van der Waals surface area contributed by atoms with E-state index in [0.29, 0.717) is 17.6 Å². The molecule has 1 heteroatoms. The molecule has 29 heavy (non-hydrogen) atoms. The zero-order chi connectivity index (χ0) is 21.4. The first-order valence-electron chi connectivity index (χ1n) is 12.5. The maximum Gasteiger partial charge on any atom is 0.139 e. The van der Waals surface area contributed by atoms with Crippen molar-refractivity contribution in [3.63, 3.8) is 0 Å². The first-order chi connectivity index (χ1) is 13.8. The van der Waals surface area contributed by atoms with Crippen LogP contribution in [0.4, 0.5) is 0 Å². The first-order valence-corrected chi connectivity index (χ1v) is 12.5. The Morgan fingerprint density at radius 3 is 2.59 bits per heavy atom. The van der Waals surface area contributed by atoms with E-state index in [1.807, 2.05) is 0 Å². The average Bonchev–Trinajstić information content (AvgIpc) is 3.02. The summed E-state index contributed by atoms with van der Waals surface area (Å²) in [7, 11) is 0. The molecule has 0 N–H and O–H groups in total. The Bertz CT molecular complexity index is 580. The fourth-order valence-electron chi connectivity index (χ4n) is 6.51. The van der Waals surface area contributed by atoms with Crippen LogP contribution in [-0.4, -0.2) is 5.78 Å². The zero-order valence-electron chi connectivity index (χ0n) is 19.9. The van der Waals surface area contributed by atoms with E-state index in [-0.39, 0.29) is 11.3 Å². The van der Waals surface area contributed by atoms with Crippen LogP contribution in [0.25, 0.3) is 0 Å². The molecule has 3 unspecified atom stereocenters. The predicted molar refractivity (Wildman–Crippen MR) is 126 cm³/mol. The predicted octanol–water partition coefficient (Wildman–Crippen LogP) is 7.85. The van der Waals surface area contributed by atoms with Gasteiger partial charge in [0.2, 0.25) is 0 Å². The van der Waals surface area contributed by atoms with Crippen LogP contribution in [0.2, 0.25) is 0 Å². The highest BCUT2D eigenvalue weighted by Gasteiger charge is 2.54. The Morgan fingerprint density at radius 1 is 1.17 bits per heavy atom. The van der Waals surface area contributed by atoms with Crippen LogP contribution in [0.3, 0.4) is 0 Å². The second kappa shape index (κ2) is 11.4. The van der Waals surface area contributed by atoms with Crippen molar-refractivity contribution < 1.29 is 4.79 Å². The van der Waals surface area contributed by atoms with Crippen molar-refractivity contribution in [2.45, 2.75) is 105 Å². The summed E-state index contributed by atoms with van der Waals surface area (Å²) < 4.78 is 0. The van der Waals surface area contributed by atoms with Gasteiger partial charge in [0.1, 0.15) is 5.78 Å². The largest absolute Gasteiger partial charge is 0.299 e. The van der Waals surface area contributed by atoms with Gasteiger partial charge in [0.15, 0.2) is 0 Å². The summed E-state index contributed by atoms with van der Waals surface area (Å²) in [5.74, 6) is 6.74. The van der Waals surface area contributed by atoms with Gasteiger partial charge in [-0.25, -0.2) is 0 Å². The summed E-state index contributed by atoms with van der Waals surface area (Å²) in [6, 6.07) is 0. The summed E-state index contributed by atoms with van der Waals surface area (Å²) in [6.45, 7) is 11.7. The van der Waals surface area contributed by atoms with E-state index < -0.39 is 0 Å². The van der Waals surface area contributed by atoms with Gasteiger partial charge in [-0.1, -0.05) is 66.0 Å². The number of terminal acetylenes is 1. The Labute approximate surface area is 181 Å². The molecular weight excluding hydrogens is 352 g/mol. The summed E-state index contributed by atoms with van der Waals surface area (Å²) in [5, 5.41) is 0. The molecular formula is C28H46O. The molecule has 2 saturated carbocycles. The van der Waals surface area contributed by atoms with Crippen molar-refractivity contribution >= 4 is 5.78 Å².